The van der Waals surface area contributed by atoms with Crippen LogP contribution in [-0.4, -0.2) is 22.1 Å². The molecular formula is C17H22N2O3. The summed E-state index contributed by atoms with van der Waals surface area (Å²) in [7, 11) is 0. The Morgan fingerprint density at radius 2 is 2.09 bits per heavy atom. The fourth-order valence-corrected chi connectivity index (χ4v) is 2.16. The van der Waals surface area contributed by atoms with Crippen molar-refractivity contribution < 1.29 is 9.53 Å². The Bertz CT molecular complexity index is 692. The number of nitrogens with zero attached hydrogens (tertiary/aromatic N) is 2. The second kappa shape index (κ2) is 7.73. The number of fused-ring (bicyclic) bond motifs is 1. The van der Waals surface area contributed by atoms with E-state index < -0.39 is 0 Å². The summed E-state index contributed by atoms with van der Waals surface area (Å²) in [6.07, 6.45) is 3.45. The third kappa shape index (κ3) is 4.41. The number of aromatic nitrogens is 2. The molecule has 1 aromatic carbocycles. The SMILES string of the molecule is CC(C)CCC(=O)OCCCn1cnc2ccccc2c1=O. The first kappa shape index (κ1) is 16.2. The number of carbonyl (C=O) groups excluding carboxylic acids is 1. The Morgan fingerprint density at radius 3 is 2.86 bits per heavy atom. The number of hydrogen-bond donors (Lipinski definition) is 0. The van der Waals surface area contributed by atoms with Crippen molar-refractivity contribution in [3.05, 3.63) is 40.9 Å². The molecule has 0 fully saturated rings. The second-order valence-corrected chi connectivity index (χ2v) is 5.77. The van der Waals surface area contributed by atoms with Crippen LogP contribution in [0, 0.1) is 5.92 Å². The lowest BCUT2D eigenvalue weighted by Crippen LogP contribution is -2.21. The lowest BCUT2D eigenvalue weighted by molar-refractivity contribution is -0.144. The van der Waals surface area contributed by atoms with Crippen molar-refractivity contribution in [2.24, 2.45) is 5.92 Å². The van der Waals surface area contributed by atoms with E-state index in [1.807, 2.05) is 18.2 Å². The minimum atomic E-state index is -0.169. The van der Waals surface area contributed by atoms with Crippen LogP contribution in [0.5, 0.6) is 0 Å². The zero-order chi connectivity index (χ0) is 15.9. The summed E-state index contributed by atoms with van der Waals surface area (Å²) in [5.41, 5.74) is 0.639. The third-order valence-corrected chi connectivity index (χ3v) is 3.46. The maximum absolute atomic E-state index is 12.2. The molecule has 0 saturated heterocycles. The van der Waals surface area contributed by atoms with Crippen LogP contribution in [0.15, 0.2) is 35.4 Å². The molecular weight excluding hydrogens is 280 g/mol. The Balaban J connectivity index is 1.84. The molecule has 5 heteroatoms. The lowest BCUT2D eigenvalue weighted by Gasteiger charge is -2.08. The van der Waals surface area contributed by atoms with E-state index in [1.165, 1.54) is 0 Å². The van der Waals surface area contributed by atoms with Crippen molar-refractivity contribution >= 4 is 16.9 Å². The highest BCUT2D eigenvalue weighted by atomic mass is 16.5. The van der Waals surface area contributed by atoms with Crippen molar-refractivity contribution in [1.82, 2.24) is 9.55 Å². The van der Waals surface area contributed by atoms with Gasteiger partial charge in [0.1, 0.15) is 0 Å². The molecule has 0 aliphatic rings. The van der Waals surface area contributed by atoms with Gasteiger partial charge < -0.3 is 4.74 Å². The molecule has 0 N–H and O–H groups in total. The summed E-state index contributed by atoms with van der Waals surface area (Å²) < 4.78 is 6.73. The summed E-state index contributed by atoms with van der Waals surface area (Å²) in [6.45, 7) is 4.98. The Labute approximate surface area is 129 Å². The number of hydrogen-bond acceptors (Lipinski definition) is 4. The highest BCUT2D eigenvalue weighted by Gasteiger charge is 2.06. The average Bonchev–Trinajstić information content (AvgIpc) is 2.51. The number of esters is 1. The van der Waals surface area contributed by atoms with E-state index in [1.54, 1.807) is 17.0 Å². The number of rotatable bonds is 7. The molecule has 1 aromatic heterocycles. The minimum Gasteiger partial charge on any atom is -0.466 e. The van der Waals surface area contributed by atoms with E-state index in [-0.39, 0.29) is 11.5 Å². The van der Waals surface area contributed by atoms with Crippen molar-refractivity contribution in [3.8, 4) is 0 Å². The molecule has 2 rings (SSSR count). The smallest absolute Gasteiger partial charge is 0.305 e. The normalized spacial score (nSPS) is 11.0. The van der Waals surface area contributed by atoms with Gasteiger partial charge in [0.05, 0.1) is 23.8 Å². The fraction of sp³-hybridized carbons (Fsp3) is 0.471. The van der Waals surface area contributed by atoms with Crippen LogP contribution in [0.2, 0.25) is 0 Å². The minimum absolute atomic E-state index is 0.0586. The average molecular weight is 302 g/mol. The van der Waals surface area contributed by atoms with E-state index in [4.69, 9.17) is 4.74 Å². The fourth-order valence-electron chi connectivity index (χ4n) is 2.16. The highest BCUT2D eigenvalue weighted by molar-refractivity contribution is 5.76. The first-order chi connectivity index (χ1) is 10.6. The molecule has 2 aromatic rings. The van der Waals surface area contributed by atoms with Crippen LogP contribution in [-0.2, 0) is 16.1 Å². The Morgan fingerprint density at radius 1 is 1.32 bits per heavy atom. The van der Waals surface area contributed by atoms with Crippen LogP contribution < -0.4 is 5.56 Å². The van der Waals surface area contributed by atoms with Gasteiger partial charge in [-0.3, -0.25) is 14.2 Å². The quantitative estimate of drug-likeness (QED) is 0.583. The highest BCUT2D eigenvalue weighted by Crippen LogP contribution is 2.06. The maximum atomic E-state index is 12.2. The van der Waals surface area contributed by atoms with Crippen LogP contribution in [0.1, 0.15) is 33.1 Å². The number of para-hydroxylation sites is 1. The van der Waals surface area contributed by atoms with Crippen molar-refractivity contribution in [3.63, 3.8) is 0 Å². The lowest BCUT2D eigenvalue weighted by atomic mass is 10.1. The molecule has 0 atom stereocenters. The topological polar surface area (TPSA) is 61.2 Å². The molecule has 0 spiro atoms. The summed E-state index contributed by atoms with van der Waals surface area (Å²) in [6, 6.07) is 7.27. The first-order valence-corrected chi connectivity index (χ1v) is 7.67. The van der Waals surface area contributed by atoms with E-state index in [9.17, 15) is 9.59 Å². The van der Waals surface area contributed by atoms with Gasteiger partial charge in [-0.15, -0.1) is 0 Å². The van der Waals surface area contributed by atoms with Crippen LogP contribution >= 0.6 is 0 Å². The van der Waals surface area contributed by atoms with Gasteiger partial charge in [0.15, 0.2) is 0 Å². The van der Waals surface area contributed by atoms with Gasteiger partial charge in [-0.05, 0) is 30.9 Å². The van der Waals surface area contributed by atoms with Crippen LogP contribution in [0.3, 0.4) is 0 Å². The maximum Gasteiger partial charge on any atom is 0.305 e. The molecule has 0 aliphatic carbocycles. The number of aryl methyl sites for hydroxylation is 1. The van der Waals surface area contributed by atoms with E-state index in [0.29, 0.717) is 42.8 Å². The molecule has 118 valence electrons. The third-order valence-electron chi connectivity index (χ3n) is 3.46. The molecule has 0 radical (unpaired) electrons. The van der Waals surface area contributed by atoms with Gasteiger partial charge >= 0.3 is 5.97 Å². The first-order valence-electron chi connectivity index (χ1n) is 7.67. The van der Waals surface area contributed by atoms with E-state index >= 15 is 0 Å². The zero-order valence-corrected chi connectivity index (χ0v) is 13.1. The summed E-state index contributed by atoms with van der Waals surface area (Å²) in [4.78, 5) is 28.0. The largest absolute Gasteiger partial charge is 0.466 e. The summed E-state index contributed by atoms with van der Waals surface area (Å²) in [5, 5.41) is 0.610. The molecule has 1 heterocycles. The van der Waals surface area contributed by atoms with E-state index in [2.05, 4.69) is 18.8 Å². The standard InChI is InChI=1S/C17H22N2O3/c1-13(2)8-9-16(20)22-11-5-10-19-12-18-15-7-4-3-6-14(15)17(19)21/h3-4,6-7,12-13H,5,8-11H2,1-2H3. The van der Waals surface area contributed by atoms with Crippen molar-refractivity contribution in [1.29, 1.82) is 0 Å². The number of carbonyl (C=O) groups is 1. The van der Waals surface area contributed by atoms with E-state index in [0.717, 1.165) is 6.42 Å². The summed E-state index contributed by atoms with van der Waals surface area (Å²) in [5.74, 6) is 0.326. The number of ether oxygens (including phenoxy) is 1. The molecule has 5 nitrogen and oxygen atoms in total. The van der Waals surface area contributed by atoms with Gasteiger partial charge in [-0.1, -0.05) is 26.0 Å². The molecule has 0 aliphatic heterocycles. The molecule has 22 heavy (non-hydrogen) atoms. The molecule has 0 saturated carbocycles. The Kier molecular flexibility index (Phi) is 5.69. The van der Waals surface area contributed by atoms with Crippen LogP contribution in [0.4, 0.5) is 0 Å². The van der Waals surface area contributed by atoms with Crippen LogP contribution in [0.25, 0.3) is 10.9 Å². The van der Waals surface area contributed by atoms with Gasteiger partial charge in [0, 0.05) is 13.0 Å². The summed E-state index contributed by atoms with van der Waals surface area (Å²) >= 11 is 0. The monoisotopic (exact) mass is 302 g/mol. The molecule has 0 bridgehead atoms. The van der Waals surface area contributed by atoms with Gasteiger partial charge in [0.25, 0.3) is 5.56 Å². The van der Waals surface area contributed by atoms with Crippen molar-refractivity contribution in [2.75, 3.05) is 6.61 Å². The predicted molar refractivity (Wildman–Crippen MR) is 85.7 cm³/mol. The van der Waals surface area contributed by atoms with Gasteiger partial charge in [-0.25, -0.2) is 4.98 Å². The van der Waals surface area contributed by atoms with Crippen molar-refractivity contribution in [2.45, 2.75) is 39.7 Å². The Hall–Kier alpha value is -2.17. The van der Waals surface area contributed by atoms with Gasteiger partial charge in [0.2, 0.25) is 0 Å². The molecule has 0 unspecified atom stereocenters. The zero-order valence-electron chi connectivity index (χ0n) is 13.1. The second-order valence-electron chi connectivity index (χ2n) is 5.77. The van der Waals surface area contributed by atoms with Gasteiger partial charge in [-0.2, -0.15) is 0 Å². The molecule has 0 amide bonds. The predicted octanol–water partition coefficient (Wildman–Crippen LogP) is 2.77. The number of benzene rings is 1.